The standard InChI is InChI=1S/C19H27FN4O/c1-6-24(19(25)17-13(4)22-23(5)18(17)21)16(12(2)3)11-14-7-9-15(20)10-8-14/h7-10,12,16H,6,11,21H2,1-5H3. The highest BCUT2D eigenvalue weighted by molar-refractivity contribution is 5.99. The van der Waals surface area contributed by atoms with Crippen molar-refractivity contribution in [2.75, 3.05) is 12.3 Å². The number of halogens is 1. The number of carbonyl (C=O) groups is 1. The van der Waals surface area contributed by atoms with E-state index in [4.69, 9.17) is 5.73 Å². The Hall–Kier alpha value is -2.37. The van der Waals surface area contributed by atoms with Gasteiger partial charge in [0.1, 0.15) is 17.2 Å². The molecule has 2 rings (SSSR count). The van der Waals surface area contributed by atoms with Crippen molar-refractivity contribution in [3.05, 3.63) is 46.9 Å². The Balaban J connectivity index is 2.33. The summed E-state index contributed by atoms with van der Waals surface area (Å²) in [5.74, 6) is 0.260. The number of amides is 1. The van der Waals surface area contributed by atoms with Gasteiger partial charge in [0.05, 0.1) is 5.69 Å². The third kappa shape index (κ3) is 4.00. The molecule has 25 heavy (non-hydrogen) atoms. The minimum Gasteiger partial charge on any atom is -0.383 e. The third-order valence-corrected chi connectivity index (χ3v) is 4.61. The van der Waals surface area contributed by atoms with E-state index in [2.05, 4.69) is 18.9 Å². The highest BCUT2D eigenvalue weighted by Crippen LogP contribution is 2.23. The average molecular weight is 346 g/mol. The number of carbonyl (C=O) groups excluding carboxylic acids is 1. The van der Waals surface area contributed by atoms with Crippen molar-refractivity contribution >= 4 is 11.7 Å². The number of nitrogens with zero attached hydrogens (tertiary/aromatic N) is 3. The number of nitrogens with two attached hydrogens (primary N) is 1. The van der Waals surface area contributed by atoms with E-state index in [1.54, 1.807) is 26.1 Å². The van der Waals surface area contributed by atoms with Gasteiger partial charge in [-0.3, -0.25) is 9.48 Å². The quantitative estimate of drug-likeness (QED) is 0.874. The van der Waals surface area contributed by atoms with E-state index >= 15 is 0 Å². The van der Waals surface area contributed by atoms with Gasteiger partial charge in [-0.15, -0.1) is 0 Å². The number of rotatable bonds is 6. The molecule has 0 spiro atoms. The van der Waals surface area contributed by atoms with E-state index in [1.807, 2.05) is 11.8 Å². The number of nitrogen functional groups attached to an aromatic ring is 1. The zero-order valence-corrected chi connectivity index (χ0v) is 15.6. The predicted octanol–water partition coefficient (Wildman–Crippen LogP) is 3.18. The summed E-state index contributed by atoms with van der Waals surface area (Å²) in [6.07, 6.45) is 0.663. The molecule has 136 valence electrons. The van der Waals surface area contributed by atoms with Gasteiger partial charge in [0.25, 0.3) is 5.91 Å². The Morgan fingerprint density at radius 3 is 2.36 bits per heavy atom. The van der Waals surface area contributed by atoms with Gasteiger partial charge in [0.2, 0.25) is 0 Å². The summed E-state index contributed by atoms with van der Waals surface area (Å²) >= 11 is 0. The molecule has 0 radical (unpaired) electrons. The Bertz CT molecular complexity index is 737. The molecule has 1 amide bonds. The Labute approximate surface area is 148 Å². The van der Waals surface area contributed by atoms with Gasteiger partial charge < -0.3 is 10.6 Å². The molecular weight excluding hydrogens is 319 g/mol. The average Bonchev–Trinajstić information content (AvgIpc) is 2.81. The largest absolute Gasteiger partial charge is 0.383 e. The fourth-order valence-electron chi connectivity index (χ4n) is 3.18. The van der Waals surface area contributed by atoms with Crippen molar-refractivity contribution in [2.24, 2.45) is 13.0 Å². The van der Waals surface area contributed by atoms with Crippen LogP contribution in [0.25, 0.3) is 0 Å². The number of aromatic nitrogens is 2. The monoisotopic (exact) mass is 346 g/mol. The topological polar surface area (TPSA) is 64.2 Å². The zero-order chi connectivity index (χ0) is 18.7. The highest BCUT2D eigenvalue weighted by Gasteiger charge is 2.30. The molecule has 1 heterocycles. The molecule has 0 aliphatic heterocycles. The van der Waals surface area contributed by atoms with E-state index in [1.165, 1.54) is 16.8 Å². The van der Waals surface area contributed by atoms with Crippen molar-refractivity contribution in [1.29, 1.82) is 0 Å². The fraction of sp³-hybridized carbons (Fsp3) is 0.474. The Kier molecular flexibility index (Phi) is 5.82. The molecule has 2 aromatic rings. The summed E-state index contributed by atoms with van der Waals surface area (Å²) in [4.78, 5) is 15.0. The predicted molar refractivity (Wildman–Crippen MR) is 97.8 cm³/mol. The lowest BCUT2D eigenvalue weighted by Crippen LogP contribution is -2.44. The maximum Gasteiger partial charge on any atom is 0.259 e. The molecule has 1 aromatic carbocycles. The molecule has 6 heteroatoms. The number of hydrogen-bond acceptors (Lipinski definition) is 3. The molecule has 0 fully saturated rings. The first-order valence-corrected chi connectivity index (χ1v) is 8.60. The van der Waals surface area contributed by atoms with Crippen LogP contribution >= 0.6 is 0 Å². The van der Waals surface area contributed by atoms with Crippen molar-refractivity contribution in [3.8, 4) is 0 Å². The third-order valence-electron chi connectivity index (χ3n) is 4.61. The number of aryl methyl sites for hydroxylation is 2. The summed E-state index contributed by atoms with van der Waals surface area (Å²) in [5.41, 5.74) is 8.15. The Morgan fingerprint density at radius 1 is 1.32 bits per heavy atom. The summed E-state index contributed by atoms with van der Waals surface area (Å²) in [7, 11) is 1.73. The van der Waals surface area contributed by atoms with Crippen molar-refractivity contribution < 1.29 is 9.18 Å². The molecule has 2 N–H and O–H groups in total. The lowest BCUT2D eigenvalue weighted by molar-refractivity contribution is 0.0639. The fourth-order valence-corrected chi connectivity index (χ4v) is 3.18. The first kappa shape index (κ1) is 19.0. The molecular formula is C19H27FN4O. The van der Waals surface area contributed by atoms with Gasteiger partial charge in [-0.25, -0.2) is 4.39 Å². The van der Waals surface area contributed by atoms with Crippen LogP contribution in [0.1, 0.15) is 42.4 Å². The number of benzene rings is 1. The lowest BCUT2D eigenvalue weighted by Gasteiger charge is -2.34. The second-order valence-corrected chi connectivity index (χ2v) is 6.70. The zero-order valence-electron chi connectivity index (χ0n) is 15.6. The SMILES string of the molecule is CCN(C(=O)c1c(C)nn(C)c1N)C(Cc1ccc(F)cc1)C(C)C. The van der Waals surface area contributed by atoms with E-state index in [0.717, 1.165) is 5.56 Å². The van der Waals surface area contributed by atoms with Gasteiger partial charge in [0.15, 0.2) is 0 Å². The molecule has 0 saturated heterocycles. The van der Waals surface area contributed by atoms with Crippen LogP contribution in [0.5, 0.6) is 0 Å². The summed E-state index contributed by atoms with van der Waals surface area (Å²) in [5, 5.41) is 4.25. The second kappa shape index (κ2) is 7.68. The highest BCUT2D eigenvalue weighted by atomic mass is 19.1. The molecule has 0 aliphatic rings. The lowest BCUT2D eigenvalue weighted by atomic mass is 9.94. The van der Waals surface area contributed by atoms with E-state index in [0.29, 0.717) is 30.0 Å². The minimum absolute atomic E-state index is 0.0121. The van der Waals surface area contributed by atoms with Gasteiger partial charge in [-0.05, 0) is 43.9 Å². The van der Waals surface area contributed by atoms with Crippen LogP contribution in [-0.2, 0) is 13.5 Å². The molecule has 1 aromatic heterocycles. The van der Waals surface area contributed by atoms with Crippen molar-refractivity contribution in [3.63, 3.8) is 0 Å². The van der Waals surface area contributed by atoms with E-state index < -0.39 is 0 Å². The maximum atomic E-state index is 13.2. The van der Waals surface area contributed by atoms with Gasteiger partial charge in [-0.2, -0.15) is 5.10 Å². The molecule has 0 bridgehead atoms. The van der Waals surface area contributed by atoms with Gasteiger partial charge in [-0.1, -0.05) is 26.0 Å². The van der Waals surface area contributed by atoms with Gasteiger partial charge in [0, 0.05) is 19.6 Å². The van der Waals surface area contributed by atoms with Crippen LogP contribution < -0.4 is 5.73 Å². The molecule has 5 nitrogen and oxygen atoms in total. The summed E-state index contributed by atoms with van der Waals surface area (Å²) in [6.45, 7) is 8.49. The first-order chi connectivity index (χ1) is 11.8. The van der Waals surface area contributed by atoms with Crippen LogP contribution in [0.3, 0.4) is 0 Å². The van der Waals surface area contributed by atoms with Crippen LogP contribution in [-0.4, -0.2) is 33.2 Å². The normalized spacial score (nSPS) is 12.4. The van der Waals surface area contributed by atoms with Crippen molar-refractivity contribution in [1.82, 2.24) is 14.7 Å². The van der Waals surface area contributed by atoms with Gasteiger partial charge >= 0.3 is 0 Å². The number of hydrogen-bond donors (Lipinski definition) is 1. The Morgan fingerprint density at radius 2 is 1.92 bits per heavy atom. The van der Waals surface area contributed by atoms with Crippen LogP contribution in [0.2, 0.25) is 0 Å². The number of anilines is 1. The molecule has 1 atom stereocenters. The van der Waals surface area contributed by atoms with Crippen LogP contribution in [0, 0.1) is 18.7 Å². The summed E-state index contributed by atoms with van der Waals surface area (Å²) < 4.78 is 14.7. The van der Waals surface area contributed by atoms with Crippen LogP contribution in [0.4, 0.5) is 10.2 Å². The van der Waals surface area contributed by atoms with Crippen LogP contribution in [0.15, 0.2) is 24.3 Å². The van der Waals surface area contributed by atoms with E-state index in [-0.39, 0.29) is 23.7 Å². The maximum absolute atomic E-state index is 13.2. The van der Waals surface area contributed by atoms with E-state index in [9.17, 15) is 9.18 Å². The minimum atomic E-state index is -0.257. The smallest absolute Gasteiger partial charge is 0.259 e. The number of likely N-dealkylation sites (N-methyl/N-ethyl adjacent to an activating group) is 1. The molecule has 0 saturated carbocycles. The molecule has 1 unspecified atom stereocenters. The molecule has 0 aliphatic carbocycles. The van der Waals surface area contributed by atoms with Crippen molar-refractivity contribution in [2.45, 2.75) is 40.2 Å². The summed E-state index contributed by atoms with van der Waals surface area (Å²) in [6, 6.07) is 6.43. The second-order valence-electron chi connectivity index (χ2n) is 6.70. The first-order valence-electron chi connectivity index (χ1n) is 8.60.